The number of aliphatic hydroxyl groups excluding tert-OH is 1. The fraction of sp³-hybridized carbons (Fsp3) is 1.00. The highest BCUT2D eigenvalue weighted by Gasteiger charge is 2.43. The molecule has 0 aromatic heterocycles. The van der Waals surface area contributed by atoms with E-state index in [0.717, 1.165) is 19.4 Å². The molecule has 3 rings (SSSR count). The molecule has 122 valence electrons. The second-order valence-electron chi connectivity index (χ2n) is 7.96. The molecular formula is C18H34N2O. The summed E-state index contributed by atoms with van der Waals surface area (Å²) in [6.07, 6.45) is 13.8. The van der Waals surface area contributed by atoms with Crippen LogP contribution < -0.4 is 5.32 Å². The summed E-state index contributed by atoms with van der Waals surface area (Å²) in [7, 11) is 0. The van der Waals surface area contributed by atoms with Crippen molar-refractivity contribution in [2.75, 3.05) is 26.2 Å². The molecule has 1 aliphatic heterocycles. The van der Waals surface area contributed by atoms with Gasteiger partial charge in [0, 0.05) is 11.6 Å². The first-order valence-corrected chi connectivity index (χ1v) is 9.31. The topological polar surface area (TPSA) is 35.5 Å². The van der Waals surface area contributed by atoms with E-state index >= 15 is 0 Å². The first-order valence-electron chi connectivity index (χ1n) is 9.31. The van der Waals surface area contributed by atoms with Gasteiger partial charge in [0.15, 0.2) is 0 Å². The van der Waals surface area contributed by atoms with Crippen molar-refractivity contribution in [3.63, 3.8) is 0 Å². The molecule has 2 unspecified atom stereocenters. The molecule has 1 spiro atoms. The first kappa shape index (κ1) is 15.8. The zero-order valence-electron chi connectivity index (χ0n) is 13.9. The number of hydrogen-bond acceptors (Lipinski definition) is 3. The average Bonchev–Trinajstić information content (AvgIpc) is 2.94. The Morgan fingerprint density at radius 2 is 1.76 bits per heavy atom. The number of likely N-dealkylation sites (tertiary alicyclic amines) is 1. The Morgan fingerprint density at radius 3 is 2.38 bits per heavy atom. The van der Waals surface area contributed by atoms with Crippen LogP contribution >= 0.6 is 0 Å². The summed E-state index contributed by atoms with van der Waals surface area (Å²) in [6.45, 7) is 6.03. The van der Waals surface area contributed by atoms with Crippen molar-refractivity contribution < 1.29 is 5.11 Å². The Kier molecular flexibility index (Phi) is 4.92. The molecule has 0 aromatic rings. The minimum absolute atomic E-state index is 0.0133. The lowest BCUT2D eigenvalue weighted by Crippen LogP contribution is -2.49. The van der Waals surface area contributed by atoms with E-state index in [-0.39, 0.29) is 5.54 Å². The Bertz CT molecular complexity index is 330. The van der Waals surface area contributed by atoms with E-state index in [4.69, 9.17) is 0 Å². The molecule has 0 bridgehead atoms. The number of nitrogens with zero attached hydrogens (tertiary/aromatic N) is 1. The summed E-state index contributed by atoms with van der Waals surface area (Å²) in [6, 6.07) is 0.706. The van der Waals surface area contributed by atoms with Gasteiger partial charge in [-0.25, -0.2) is 0 Å². The van der Waals surface area contributed by atoms with Crippen LogP contribution in [0.2, 0.25) is 0 Å². The maximum absolute atomic E-state index is 9.78. The van der Waals surface area contributed by atoms with Crippen molar-refractivity contribution in [1.29, 1.82) is 0 Å². The van der Waals surface area contributed by atoms with Crippen LogP contribution in [0, 0.1) is 5.41 Å². The van der Waals surface area contributed by atoms with Gasteiger partial charge in [0.05, 0.1) is 6.61 Å². The van der Waals surface area contributed by atoms with Gasteiger partial charge in [0.1, 0.15) is 0 Å². The number of aliphatic hydroxyl groups is 1. The highest BCUT2D eigenvalue weighted by atomic mass is 16.3. The van der Waals surface area contributed by atoms with Gasteiger partial charge < -0.3 is 15.3 Å². The molecule has 2 saturated carbocycles. The molecule has 1 saturated heterocycles. The molecule has 3 heteroatoms. The van der Waals surface area contributed by atoms with Crippen LogP contribution in [0.1, 0.15) is 71.1 Å². The van der Waals surface area contributed by atoms with E-state index in [9.17, 15) is 5.11 Å². The highest BCUT2D eigenvalue weighted by molar-refractivity contribution is 5.00. The monoisotopic (exact) mass is 294 g/mol. The summed E-state index contributed by atoms with van der Waals surface area (Å²) < 4.78 is 0. The Hall–Kier alpha value is -0.120. The fourth-order valence-corrected chi connectivity index (χ4v) is 5.31. The summed E-state index contributed by atoms with van der Waals surface area (Å²) >= 11 is 0. The van der Waals surface area contributed by atoms with E-state index in [1.165, 1.54) is 64.5 Å². The molecule has 0 radical (unpaired) electrons. The third kappa shape index (κ3) is 3.30. The van der Waals surface area contributed by atoms with Gasteiger partial charge in [-0.3, -0.25) is 0 Å². The summed E-state index contributed by atoms with van der Waals surface area (Å²) in [5.41, 5.74) is 0.725. The third-order valence-corrected chi connectivity index (χ3v) is 6.73. The summed E-state index contributed by atoms with van der Waals surface area (Å²) in [5.74, 6) is 0. The van der Waals surface area contributed by atoms with E-state index in [2.05, 4.69) is 17.1 Å². The fourth-order valence-electron chi connectivity index (χ4n) is 5.31. The molecular weight excluding hydrogens is 260 g/mol. The quantitative estimate of drug-likeness (QED) is 0.837. The van der Waals surface area contributed by atoms with Crippen molar-refractivity contribution in [1.82, 2.24) is 10.2 Å². The number of likely N-dealkylation sites (N-methyl/N-ethyl adjacent to an activating group) is 1. The standard InChI is InChI=1S/C18H34N2O/c1-2-19-18(15-21)9-6-16(14-18)20-12-10-17(11-13-20)7-4-3-5-8-17/h16,19,21H,2-15H2,1H3. The largest absolute Gasteiger partial charge is 0.394 e. The van der Waals surface area contributed by atoms with Crippen LogP contribution in [0.4, 0.5) is 0 Å². The Balaban J connectivity index is 1.53. The van der Waals surface area contributed by atoms with Gasteiger partial charge in [-0.15, -0.1) is 0 Å². The Morgan fingerprint density at radius 1 is 1.05 bits per heavy atom. The van der Waals surface area contributed by atoms with Crippen LogP contribution in [0.15, 0.2) is 0 Å². The van der Waals surface area contributed by atoms with Crippen molar-refractivity contribution in [2.45, 2.75) is 82.7 Å². The predicted molar refractivity (Wildman–Crippen MR) is 87.5 cm³/mol. The molecule has 21 heavy (non-hydrogen) atoms. The predicted octanol–water partition coefficient (Wildman–Crippen LogP) is 2.93. The van der Waals surface area contributed by atoms with Gasteiger partial charge in [-0.05, 0) is 70.0 Å². The van der Waals surface area contributed by atoms with E-state index in [1.54, 1.807) is 0 Å². The molecule has 1 heterocycles. The van der Waals surface area contributed by atoms with Crippen molar-refractivity contribution in [3.05, 3.63) is 0 Å². The van der Waals surface area contributed by atoms with E-state index in [0.29, 0.717) is 18.1 Å². The smallest absolute Gasteiger partial charge is 0.0613 e. The van der Waals surface area contributed by atoms with Gasteiger partial charge in [-0.2, -0.15) is 0 Å². The Labute approximate surface area is 130 Å². The minimum Gasteiger partial charge on any atom is -0.394 e. The number of nitrogens with one attached hydrogen (secondary N) is 1. The molecule has 3 nitrogen and oxygen atoms in total. The first-order chi connectivity index (χ1) is 10.2. The van der Waals surface area contributed by atoms with Crippen molar-refractivity contribution in [2.24, 2.45) is 5.41 Å². The zero-order chi connectivity index (χ0) is 14.8. The van der Waals surface area contributed by atoms with Crippen molar-refractivity contribution in [3.8, 4) is 0 Å². The molecule has 2 atom stereocenters. The lowest BCUT2D eigenvalue weighted by atomic mass is 9.68. The third-order valence-electron chi connectivity index (χ3n) is 6.73. The van der Waals surface area contributed by atoms with Gasteiger partial charge in [0.25, 0.3) is 0 Å². The lowest BCUT2D eigenvalue weighted by molar-refractivity contribution is 0.0426. The highest BCUT2D eigenvalue weighted by Crippen LogP contribution is 2.46. The van der Waals surface area contributed by atoms with Crippen molar-refractivity contribution >= 4 is 0 Å². The molecule has 2 aliphatic carbocycles. The van der Waals surface area contributed by atoms with Crippen LogP contribution in [0.25, 0.3) is 0 Å². The molecule has 0 amide bonds. The molecule has 2 N–H and O–H groups in total. The minimum atomic E-state index is 0.0133. The van der Waals surface area contributed by atoms with E-state index < -0.39 is 0 Å². The number of rotatable bonds is 4. The number of piperidine rings is 1. The van der Waals surface area contributed by atoms with Crippen LogP contribution in [-0.2, 0) is 0 Å². The second-order valence-corrected chi connectivity index (χ2v) is 7.96. The van der Waals surface area contributed by atoms with Gasteiger partial charge in [-0.1, -0.05) is 26.2 Å². The maximum atomic E-state index is 9.78. The van der Waals surface area contributed by atoms with Crippen LogP contribution in [-0.4, -0.2) is 47.8 Å². The summed E-state index contributed by atoms with van der Waals surface area (Å²) in [4.78, 5) is 2.74. The maximum Gasteiger partial charge on any atom is 0.0613 e. The molecule has 3 fully saturated rings. The molecule has 0 aromatic carbocycles. The SMILES string of the molecule is CCNC1(CO)CCC(N2CCC3(CCCCC3)CC2)C1. The summed E-state index contributed by atoms with van der Waals surface area (Å²) in [5, 5.41) is 13.3. The average molecular weight is 294 g/mol. The second kappa shape index (κ2) is 6.55. The lowest BCUT2D eigenvalue weighted by Gasteiger charge is -2.46. The van der Waals surface area contributed by atoms with E-state index in [1.807, 2.05) is 0 Å². The van der Waals surface area contributed by atoms with Gasteiger partial charge >= 0.3 is 0 Å². The zero-order valence-corrected chi connectivity index (χ0v) is 13.9. The van der Waals surface area contributed by atoms with Gasteiger partial charge in [0.2, 0.25) is 0 Å². The number of hydrogen-bond donors (Lipinski definition) is 2. The molecule has 3 aliphatic rings. The van der Waals surface area contributed by atoms with Crippen LogP contribution in [0.5, 0.6) is 0 Å². The normalized spacial score (nSPS) is 37.1. The van der Waals surface area contributed by atoms with Crippen LogP contribution in [0.3, 0.4) is 0 Å².